The highest BCUT2D eigenvalue weighted by molar-refractivity contribution is 6.31. The molecule has 1 aliphatic rings. The maximum Gasteiger partial charge on any atom is 0.0611 e. The van der Waals surface area contributed by atoms with Crippen molar-refractivity contribution in [3.8, 4) is 0 Å². The summed E-state index contributed by atoms with van der Waals surface area (Å²) in [6.45, 7) is 2.56. The van der Waals surface area contributed by atoms with Crippen molar-refractivity contribution in [1.29, 1.82) is 0 Å². The van der Waals surface area contributed by atoms with Crippen molar-refractivity contribution in [2.45, 2.75) is 45.1 Å². The van der Waals surface area contributed by atoms with Crippen LogP contribution in [0.3, 0.4) is 0 Å². The van der Waals surface area contributed by atoms with Gasteiger partial charge in [-0.05, 0) is 43.4 Å². The Labute approximate surface area is 114 Å². The van der Waals surface area contributed by atoms with E-state index >= 15 is 0 Å². The predicted octanol–water partition coefficient (Wildman–Crippen LogP) is 3.07. The monoisotopic (exact) mass is 267 g/mol. The molecule has 0 amide bonds. The quantitative estimate of drug-likeness (QED) is 0.884. The van der Waals surface area contributed by atoms with Crippen molar-refractivity contribution >= 4 is 11.6 Å². The summed E-state index contributed by atoms with van der Waals surface area (Å²) in [6, 6.07) is 6.12. The van der Waals surface area contributed by atoms with Crippen molar-refractivity contribution in [2.24, 2.45) is 11.1 Å². The standard InChI is InChI=1S/C15H22ClNO/c1-11-5-6-12(13(16)8-11)9-15(10-17)7-3-2-4-14(15)18/h5-6,8,14,18H,2-4,7,9-10,17H2,1H3. The molecule has 0 aromatic heterocycles. The third kappa shape index (κ3) is 2.71. The van der Waals surface area contributed by atoms with Crippen LogP contribution in [0.5, 0.6) is 0 Å². The average molecular weight is 268 g/mol. The van der Waals surface area contributed by atoms with Crippen LogP contribution >= 0.6 is 11.6 Å². The summed E-state index contributed by atoms with van der Waals surface area (Å²) < 4.78 is 0. The molecule has 0 heterocycles. The zero-order valence-corrected chi connectivity index (χ0v) is 11.7. The number of nitrogens with two attached hydrogens (primary N) is 1. The first-order valence-electron chi connectivity index (χ1n) is 6.70. The van der Waals surface area contributed by atoms with Gasteiger partial charge in [0.2, 0.25) is 0 Å². The third-order valence-electron chi connectivity index (χ3n) is 4.27. The molecule has 3 N–H and O–H groups in total. The molecule has 0 radical (unpaired) electrons. The normalized spacial score (nSPS) is 28.3. The number of hydrogen-bond acceptors (Lipinski definition) is 2. The number of benzene rings is 1. The van der Waals surface area contributed by atoms with Gasteiger partial charge < -0.3 is 10.8 Å². The molecule has 2 nitrogen and oxygen atoms in total. The van der Waals surface area contributed by atoms with Gasteiger partial charge in [0.25, 0.3) is 0 Å². The molecule has 0 spiro atoms. The van der Waals surface area contributed by atoms with E-state index in [0.717, 1.165) is 48.3 Å². The molecular formula is C15H22ClNO. The van der Waals surface area contributed by atoms with Gasteiger partial charge in [-0.2, -0.15) is 0 Å². The Balaban J connectivity index is 2.24. The predicted molar refractivity (Wildman–Crippen MR) is 75.9 cm³/mol. The molecule has 100 valence electrons. The van der Waals surface area contributed by atoms with Gasteiger partial charge in [0.1, 0.15) is 0 Å². The zero-order valence-electron chi connectivity index (χ0n) is 11.0. The van der Waals surface area contributed by atoms with Crippen LogP contribution in [0.2, 0.25) is 5.02 Å². The Bertz CT molecular complexity index is 421. The first-order valence-corrected chi connectivity index (χ1v) is 7.08. The highest BCUT2D eigenvalue weighted by Gasteiger charge is 2.39. The van der Waals surface area contributed by atoms with Crippen LogP contribution in [0, 0.1) is 12.3 Å². The van der Waals surface area contributed by atoms with Crippen molar-refractivity contribution in [3.63, 3.8) is 0 Å². The molecule has 1 fully saturated rings. The summed E-state index contributed by atoms with van der Waals surface area (Å²) in [5, 5.41) is 11.1. The van der Waals surface area contributed by atoms with Gasteiger partial charge in [-0.15, -0.1) is 0 Å². The van der Waals surface area contributed by atoms with Gasteiger partial charge in [-0.3, -0.25) is 0 Å². The third-order valence-corrected chi connectivity index (χ3v) is 4.62. The van der Waals surface area contributed by atoms with Gasteiger partial charge in [0.05, 0.1) is 6.10 Å². The number of rotatable bonds is 3. The van der Waals surface area contributed by atoms with E-state index in [1.165, 1.54) is 0 Å². The lowest BCUT2D eigenvalue weighted by Crippen LogP contribution is -2.45. The van der Waals surface area contributed by atoms with Gasteiger partial charge >= 0.3 is 0 Å². The fourth-order valence-corrected chi connectivity index (χ4v) is 3.28. The van der Waals surface area contributed by atoms with Crippen molar-refractivity contribution in [3.05, 3.63) is 34.3 Å². The Morgan fingerprint density at radius 3 is 2.83 bits per heavy atom. The SMILES string of the molecule is Cc1ccc(CC2(CN)CCCCC2O)c(Cl)c1. The number of aryl methyl sites for hydroxylation is 1. The second-order valence-corrected chi connectivity index (χ2v) is 6.01. The fraction of sp³-hybridized carbons (Fsp3) is 0.600. The second-order valence-electron chi connectivity index (χ2n) is 5.60. The topological polar surface area (TPSA) is 46.2 Å². The molecule has 0 saturated heterocycles. The van der Waals surface area contributed by atoms with Crippen LogP contribution < -0.4 is 5.73 Å². The Hall–Kier alpha value is -0.570. The summed E-state index contributed by atoms with van der Waals surface area (Å²) in [5.74, 6) is 0. The molecule has 2 unspecified atom stereocenters. The van der Waals surface area contributed by atoms with Gasteiger partial charge in [0.15, 0.2) is 0 Å². The highest BCUT2D eigenvalue weighted by atomic mass is 35.5. The molecule has 1 saturated carbocycles. The lowest BCUT2D eigenvalue weighted by molar-refractivity contribution is -0.00583. The maximum absolute atomic E-state index is 10.3. The van der Waals surface area contributed by atoms with Gasteiger partial charge in [0, 0.05) is 17.0 Å². The minimum atomic E-state index is -0.298. The first-order chi connectivity index (χ1) is 8.57. The van der Waals surface area contributed by atoms with E-state index in [1.54, 1.807) is 0 Å². The zero-order chi connectivity index (χ0) is 13.2. The number of aliphatic hydroxyl groups excluding tert-OH is 1. The van der Waals surface area contributed by atoms with Crippen LogP contribution in [0.25, 0.3) is 0 Å². The van der Waals surface area contributed by atoms with Gasteiger partial charge in [-0.1, -0.05) is 36.6 Å². The minimum Gasteiger partial charge on any atom is -0.392 e. The van der Waals surface area contributed by atoms with E-state index in [-0.39, 0.29) is 11.5 Å². The molecule has 0 bridgehead atoms. The summed E-state index contributed by atoms with van der Waals surface area (Å²) in [7, 11) is 0. The average Bonchev–Trinajstić information content (AvgIpc) is 2.35. The van der Waals surface area contributed by atoms with Crippen molar-refractivity contribution in [2.75, 3.05) is 6.54 Å². The maximum atomic E-state index is 10.3. The Morgan fingerprint density at radius 2 is 2.22 bits per heavy atom. The molecule has 0 aliphatic heterocycles. The van der Waals surface area contributed by atoms with E-state index in [2.05, 4.69) is 12.1 Å². The van der Waals surface area contributed by atoms with Crippen LogP contribution in [0.1, 0.15) is 36.8 Å². The van der Waals surface area contributed by atoms with Crippen LogP contribution in [0.4, 0.5) is 0 Å². The van der Waals surface area contributed by atoms with Crippen molar-refractivity contribution < 1.29 is 5.11 Å². The van der Waals surface area contributed by atoms with Gasteiger partial charge in [-0.25, -0.2) is 0 Å². The highest BCUT2D eigenvalue weighted by Crippen LogP contribution is 2.39. The van der Waals surface area contributed by atoms with Crippen LogP contribution in [-0.2, 0) is 6.42 Å². The summed E-state index contributed by atoms with van der Waals surface area (Å²) in [4.78, 5) is 0. The Morgan fingerprint density at radius 1 is 1.44 bits per heavy atom. The molecule has 1 aromatic carbocycles. The molecule has 2 rings (SSSR count). The van der Waals surface area contributed by atoms with E-state index in [0.29, 0.717) is 6.54 Å². The summed E-state index contributed by atoms with van der Waals surface area (Å²) in [6.07, 6.45) is 4.59. The molecule has 3 heteroatoms. The summed E-state index contributed by atoms with van der Waals surface area (Å²) in [5.41, 5.74) is 8.04. The lowest BCUT2D eigenvalue weighted by Gasteiger charge is -2.41. The van der Waals surface area contributed by atoms with Crippen LogP contribution in [0.15, 0.2) is 18.2 Å². The summed E-state index contributed by atoms with van der Waals surface area (Å²) >= 11 is 6.29. The lowest BCUT2D eigenvalue weighted by atomic mass is 9.68. The smallest absolute Gasteiger partial charge is 0.0611 e. The molecule has 1 aromatic rings. The van der Waals surface area contributed by atoms with E-state index in [1.807, 2.05) is 13.0 Å². The molecule has 2 atom stereocenters. The van der Waals surface area contributed by atoms with E-state index in [9.17, 15) is 5.11 Å². The first kappa shape index (κ1) is 13.9. The number of halogens is 1. The Kier molecular flexibility index (Phi) is 4.31. The second kappa shape index (κ2) is 5.60. The van der Waals surface area contributed by atoms with Crippen molar-refractivity contribution in [1.82, 2.24) is 0 Å². The molecule has 18 heavy (non-hydrogen) atoms. The molecular weight excluding hydrogens is 246 g/mol. The van der Waals surface area contributed by atoms with Crippen LogP contribution in [-0.4, -0.2) is 17.8 Å². The fourth-order valence-electron chi connectivity index (χ4n) is 2.98. The number of aliphatic hydroxyl groups is 1. The van der Waals surface area contributed by atoms with E-state index in [4.69, 9.17) is 17.3 Å². The number of hydrogen-bond donors (Lipinski definition) is 2. The molecule has 1 aliphatic carbocycles. The largest absolute Gasteiger partial charge is 0.392 e. The van der Waals surface area contributed by atoms with E-state index < -0.39 is 0 Å². The minimum absolute atomic E-state index is 0.183.